The molecule has 1 aromatic heterocycles. The minimum atomic E-state index is -0.184. The first-order valence-electron chi connectivity index (χ1n) is 6.41. The lowest BCUT2D eigenvalue weighted by atomic mass is 10.2. The van der Waals surface area contributed by atoms with Gasteiger partial charge >= 0.3 is 0 Å². The molecule has 1 aromatic rings. The Morgan fingerprint density at radius 3 is 2.72 bits per heavy atom. The SMILES string of the molecule is CC(C)c1ncc(Cl)c(C(=O)NC2CCCC2)n1. The number of halogens is 1. The van der Waals surface area contributed by atoms with Gasteiger partial charge in [0.05, 0.1) is 11.2 Å². The molecule has 0 bridgehead atoms. The summed E-state index contributed by atoms with van der Waals surface area (Å²) in [4.78, 5) is 20.5. The van der Waals surface area contributed by atoms with E-state index in [0.29, 0.717) is 16.5 Å². The van der Waals surface area contributed by atoms with Crippen molar-refractivity contribution in [1.29, 1.82) is 0 Å². The Labute approximate surface area is 112 Å². The van der Waals surface area contributed by atoms with Crippen LogP contribution < -0.4 is 5.32 Å². The third-order valence-electron chi connectivity index (χ3n) is 3.18. The van der Waals surface area contributed by atoms with E-state index in [1.165, 1.54) is 19.0 Å². The second-order valence-corrected chi connectivity index (χ2v) is 5.44. The van der Waals surface area contributed by atoms with Crippen LogP contribution in [0.4, 0.5) is 0 Å². The van der Waals surface area contributed by atoms with E-state index in [0.717, 1.165) is 12.8 Å². The van der Waals surface area contributed by atoms with Gasteiger partial charge < -0.3 is 5.32 Å². The van der Waals surface area contributed by atoms with Crippen molar-refractivity contribution < 1.29 is 4.79 Å². The first kappa shape index (κ1) is 13.3. The van der Waals surface area contributed by atoms with Crippen LogP contribution in [0.2, 0.25) is 5.02 Å². The zero-order chi connectivity index (χ0) is 13.1. The highest BCUT2D eigenvalue weighted by molar-refractivity contribution is 6.33. The molecule has 1 heterocycles. The lowest BCUT2D eigenvalue weighted by Crippen LogP contribution is -2.33. The summed E-state index contributed by atoms with van der Waals surface area (Å²) in [5.74, 6) is 0.646. The summed E-state index contributed by atoms with van der Waals surface area (Å²) < 4.78 is 0. The van der Waals surface area contributed by atoms with Gasteiger partial charge in [0.15, 0.2) is 0 Å². The summed E-state index contributed by atoms with van der Waals surface area (Å²) in [6, 6.07) is 0.269. The second-order valence-electron chi connectivity index (χ2n) is 5.03. The molecule has 18 heavy (non-hydrogen) atoms. The fourth-order valence-electron chi connectivity index (χ4n) is 2.14. The maximum atomic E-state index is 12.1. The Bertz CT molecular complexity index is 442. The number of nitrogens with one attached hydrogen (secondary N) is 1. The third-order valence-corrected chi connectivity index (χ3v) is 3.46. The van der Waals surface area contributed by atoms with Gasteiger partial charge in [-0.1, -0.05) is 38.3 Å². The van der Waals surface area contributed by atoms with Crippen molar-refractivity contribution in [3.05, 3.63) is 22.7 Å². The predicted molar refractivity (Wildman–Crippen MR) is 70.9 cm³/mol. The molecule has 1 aliphatic carbocycles. The number of nitrogens with zero attached hydrogens (tertiary/aromatic N) is 2. The average molecular weight is 268 g/mol. The Morgan fingerprint density at radius 1 is 1.44 bits per heavy atom. The van der Waals surface area contributed by atoms with Gasteiger partial charge in [0.2, 0.25) is 0 Å². The molecular weight excluding hydrogens is 250 g/mol. The Hall–Kier alpha value is -1.16. The number of hydrogen-bond acceptors (Lipinski definition) is 3. The van der Waals surface area contributed by atoms with Crippen molar-refractivity contribution in [2.45, 2.75) is 51.5 Å². The van der Waals surface area contributed by atoms with Crippen molar-refractivity contribution in [3.63, 3.8) is 0 Å². The molecule has 0 atom stereocenters. The molecule has 1 amide bonds. The second kappa shape index (κ2) is 5.65. The molecular formula is C13H18ClN3O. The maximum Gasteiger partial charge on any atom is 0.271 e. The molecule has 5 heteroatoms. The maximum absolute atomic E-state index is 12.1. The molecule has 0 unspecified atom stereocenters. The van der Waals surface area contributed by atoms with Crippen molar-refractivity contribution in [2.75, 3.05) is 0 Å². The zero-order valence-electron chi connectivity index (χ0n) is 10.7. The van der Waals surface area contributed by atoms with Crippen molar-refractivity contribution >= 4 is 17.5 Å². The van der Waals surface area contributed by atoms with Gasteiger partial charge in [-0.05, 0) is 12.8 Å². The minimum Gasteiger partial charge on any atom is -0.348 e. The molecule has 0 aromatic carbocycles. The summed E-state index contributed by atoms with van der Waals surface area (Å²) in [6.45, 7) is 3.98. The van der Waals surface area contributed by atoms with Crippen LogP contribution in [-0.4, -0.2) is 21.9 Å². The molecule has 0 spiro atoms. The van der Waals surface area contributed by atoms with Crippen molar-refractivity contribution in [1.82, 2.24) is 15.3 Å². The predicted octanol–water partition coefficient (Wildman–Crippen LogP) is 2.93. The quantitative estimate of drug-likeness (QED) is 0.916. The van der Waals surface area contributed by atoms with Crippen LogP contribution in [0.15, 0.2) is 6.20 Å². The first-order chi connectivity index (χ1) is 8.58. The number of carbonyl (C=O) groups is 1. The number of amides is 1. The molecule has 0 saturated heterocycles. The van der Waals surface area contributed by atoms with Gasteiger partial charge in [-0.2, -0.15) is 0 Å². The summed E-state index contributed by atoms with van der Waals surface area (Å²) >= 11 is 6.00. The number of rotatable bonds is 3. The molecule has 1 fully saturated rings. The van der Waals surface area contributed by atoms with Gasteiger partial charge in [-0.15, -0.1) is 0 Å². The average Bonchev–Trinajstić information content (AvgIpc) is 2.81. The van der Waals surface area contributed by atoms with Crippen molar-refractivity contribution in [3.8, 4) is 0 Å². The molecule has 4 nitrogen and oxygen atoms in total. The van der Waals surface area contributed by atoms with Gasteiger partial charge in [-0.25, -0.2) is 9.97 Å². The summed E-state index contributed by atoms with van der Waals surface area (Å²) in [5, 5.41) is 3.30. The highest BCUT2D eigenvalue weighted by Gasteiger charge is 2.21. The Kier molecular flexibility index (Phi) is 4.17. The number of hydrogen-bond donors (Lipinski definition) is 1. The summed E-state index contributed by atoms with van der Waals surface area (Å²) in [6.07, 6.45) is 5.96. The molecule has 0 radical (unpaired) electrons. The van der Waals surface area contributed by atoms with Gasteiger partial charge in [-0.3, -0.25) is 4.79 Å². The van der Waals surface area contributed by atoms with E-state index in [1.54, 1.807) is 0 Å². The van der Waals surface area contributed by atoms with Gasteiger partial charge in [0, 0.05) is 12.0 Å². The zero-order valence-corrected chi connectivity index (χ0v) is 11.5. The molecule has 2 rings (SSSR count). The van der Waals surface area contributed by atoms with Gasteiger partial charge in [0.25, 0.3) is 5.91 Å². The number of carbonyl (C=O) groups excluding carboxylic acids is 1. The van der Waals surface area contributed by atoms with E-state index < -0.39 is 0 Å². The van der Waals surface area contributed by atoms with Crippen LogP contribution in [0, 0.1) is 0 Å². The van der Waals surface area contributed by atoms with E-state index in [2.05, 4.69) is 15.3 Å². The van der Waals surface area contributed by atoms with Crippen LogP contribution >= 0.6 is 11.6 Å². The fraction of sp³-hybridized carbons (Fsp3) is 0.615. The molecule has 1 N–H and O–H groups in total. The van der Waals surface area contributed by atoms with Crippen LogP contribution in [0.25, 0.3) is 0 Å². The van der Waals surface area contributed by atoms with E-state index in [1.807, 2.05) is 13.8 Å². The normalized spacial score (nSPS) is 16.2. The monoisotopic (exact) mass is 267 g/mol. The Morgan fingerprint density at radius 2 is 2.11 bits per heavy atom. The highest BCUT2D eigenvalue weighted by atomic mass is 35.5. The Balaban J connectivity index is 2.15. The lowest BCUT2D eigenvalue weighted by Gasteiger charge is -2.13. The van der Waals surface area contributed by atoms with E-state index in [4.69, 9.17) is 11.6 Å². The topological polar surface area (TPSA) is 54.9 Å². The summed E-state index contributed by atoms with van der Waals surface area (Å²) in [5.41, 5.74) is 0.294. The molecule has 1 aliphatic rings. The first-order valence-corrected chi connectivity index (χ1v) is 6.79. The van der Waals surface area contributed by atoms with Crippen LogP contribution in [0.5, 0.6) is 0 Å². The largest absolute Gasteiger partial charge is 0.348 e. The standard InChI is InChI=1S/C13H18ClN3O/c1-8(2)12-15-7-10(14)11(17-12)13(18)16-9-5-3-4-6-9/h7-9H,3-6H2,1-2H3,(H,16,18). The molecule has 0 aliphatic heterocycles. The fourth-order valence-corrected chi connectivity index (χ4v) is 2.32. The molecule has 1 saturated carbocycles. The summed E-state index contributed by atoms with van der Waals surface area (Å²) in [7, 11) is 0. The lowest BCUT2D eigenvalue weighted by molar-refractivity contribution is 0.0932. The van der Waals surface area contributed by atoms with E-state index in [-0.39, 0.29) is 17.9 Å². The van der Waals surface area contributed by atoms with Crippen LogP contribution in [-0.2, 0) is 0 Å². The van der Waals surface area contributed by atoms with Crippen LogP contribution in [0.1, 0.15) is 61.8 Å². The minimum absolute atomic E-state index is 0.181. The van der Waals surface area contributed by atoms with Crippen LogP contribution in [0.3, 0.4) is 0 Å². The van der Waals surface area contributed by atoms with E-state index >= 15 is 0 Å². The third kappa shape index (κ3) is 2.99. The van der Waals surface area contributed by atoms with E-state index in [9.17, 15) is 4.79 Å². The number of aromatic nitrogens is 2. The molecule has 98 valence electrons. The highest BCUT2D eigenvalue weighted by Crippen LogP contribution is 2.20. The van der Waals surface area contributed by atoms with Crippen molar-refractivity contribution in [2.24, 2.45) is 0 Å². The van der Waals surface area contributed by atoms with Gasteiger partial charge in [0.1, 0.15) is 11.5 Å². The smallest absolute Gasteiger partial charge is 0.271 e.